The summed E-state index contributed by atoms with van der Waals surface area (Å²) in [5, 5.41) is 8.39. The van der Waals surface area contributed by atoms with Crippen molar-refractivity contribution in [3.05, 3.63) is 58.3 Å². The van der Waals surface area contributed by atoms with E-state index in [1.54, 1.807) is 12.1 Å². The number of hydrogen-bond donors (Lipinski definition) is 2. The second kappa shape index (κ2) is 8.09. The first-order chi connectivity index (χ1) is 10.6. The number of carbonyl (C=O) groups excluding carboxylic acids is 2. The van der Waals surface area contributed by atoms with Crippen molar-refractivity contribution in [2.75, 3.05) is 6.54 Å². The number of amides is 2. The molecule has 1 heterocycles. The van der Waals surface area contributed by atoms with Gasteiger partial charge in [-0.15, -0.1) is 11.3 Å². The zero-order valence-corrected chi connectivity index (χ0v) is 13.0. The maximum Gasteiger partial charge on any atom is 0.261 e. The fraction of sp³-hybridized carbons (Fsp3) is 0.188. The largest absolute Gasteiger partial charge is 0.342 e. The van der Waals surface area contributed by atoms with Gasteiger partial charge in [-0.3, -0.25) is 9.59 Å². The third kappa shape index (κ3) is 5.14. The highest BCUT2D eigenvalue weighted by molar-refractivity contribution is 7.12. The lowest BCUT2D eigenvalue weighted by Gasteiger charge is -2.04. The first-order valence-corrected chi connectivity index (χ1v) is 7.71. The number of thiophene rings is 1. The van der Waals surface area contributed by atoms with Crippen molar-refractivity contribution in [2.45, 2.75) is 13.3 Å². The lowest BCUT2D eigenvalue weighted by Crippen LogP contribution is -2.34. The van der Waals surface area contributed by atoms with Crippen LogP contribution in [0.25, 0.3) is 0 Å². The standard InChI is InChI=1S/C16H17N3O2S/c1-12(10-13-6-3-2-4-7-13)18-19-15(20)11-17-16(21)14-8-5-9-22-14/h2-9H,10-11H2,1H3,(H,17,21)(H,19,20)/b18-12-. The average molecular weight is 315 g/mol. The molecule has 2 amide bonds. The Morgan fingerprint density at radius 1 is 1.14 bits per heavy atom. The zero-order chi connectivity index (χ0) is 15.8. The smallest absolute Gasteiger partial charge is 0.261 e. The minimum atomic E-state index is -0.350. The van der Waals surface area contributed by atoms with Crippen molar-refractivity contribution in [2.24, 2.45) is 5.10 Å². The summed E-state index contributed by atoms with van der Waals surface area (Å²) in [6.45, 7) is 1.75. The van der Waals surface area contributed by atoms with Crippen molar-refractivity contribution in [1.29, 1.82) is 0 Å². The molecule has 22 heavy (non-hydrogen) atoms. The molecule has 114 valence electrons. The second-order valence-electron chi connectivity index (χ2n) is 4.70. The molecular formula is C16H17N3O2S. The van der Waals surface area contributed by atoms with Crippen molar-refractivity contribution >= 4 is 28.9 Å². The van der Waals surface area contributed by atoms with Gasteiger partial charge in [0.15, 0.2) is 0 Å². The van der Waals surface area contributed by atoms with Gasteiger partial charge in [-0.05, 0) is 23.9 Å². The van der Waals surface area contributed by atoms with Crippen LogP contribution in [0.4, 0.5) is 0 Å². The summed E-state index contributed by atoms with van der Waals surface area (Å²) in [5.74, 6) is -0.604. The van der Waals surface area contributed by atoms with Crippen LogP contribution >= 0.6 is 11.3 Å². The van der Waals surface area contributed by atoms with Crippen LogP contribution < -0.4 is 10.7 Å². The molecule has 5 nitrogen and oxygen atoms in total. The van der Waals surface area contributed by atoms with Gasteiger partial charge in [-0.25, -0.2) is 5.43 Å². The van der Waals surface area contributed by atoms with Crippen molar-refractivity contribution in [1.82, 2.24) is 10.7 Å². The monoisotopic (exact) mass is 315 g/mol. The highest BCUT2D eigenvalue weighted by Gasteiger charge is 2.08. The highest BCUT2D eigenvalue weighted by atomic mass is 32.1. The van der Waals surface area contributed by atoms with E-state index >= 15 is 0 Å². The van der Waals surface area contributed by atoms with Crippen LogP contribution in [0, 0.1) is 0 Å². The van der Waals surface area contributed by atoms with E-state index < -0.39 is 0 Å². The lowest BCUT2D eigenvalue weighted by molar-refractivity contribution is -0.120. The molecule has 1 aromatic carbocycles. The molecule has 2 N–H and O–H groups in total. The highest BCUT2D eigenvalue weighted by Crippen LogP contribution is 2.07. The SMILES string of the molecule is C/C(Cc1ccccc1)=N/NC(=O)CNC(=O)c1cccs1. The van der Waals surface area contributed by atoms with Crippen LogP contribution in [0.5, 0.6) is 0 Å². The Kier molecular flexibility index (Phi) is 5.85. The topological polar surface area (TPSA) is 70.6 Å². The molecule has 6 heteroatoms. The summed E-state index contributed by atoms with van der Waals surface area (Å²) in [6, 6.07) is 13.4. The van der Waals surface area contributed by atoms with Crippen molar-refractivity contribution < 1.29 is 9.59 Å². The van der Waals surface area contributed by atoms with E-state index in [1.165, 1.54) is 11.3 Å². The Hall–Kier alpha value is -2.47. The minimum Gasteiger partial charge on any atom is -0.342 e. The van der Waals surface area contributed by atoms with E-state index in [0.717, 1.165) is 11.3 Å². The minimum absolute atomic E-state index is 0.0984. The number of nitrogens with zero attached hydrogens (tertiary/aromatic N) is 1. The van der Waals surface area contributed by atoms with E-state index in [9.17, 15) is 9.59 Å². The van der Waals surface area contributed by atoms with Gasteiger partial charge in [0.2, 0.25) is 0 Å². The summed E-state index contributed by atoms with van der Waals surface area (Å²) in [7, 11) is 0. The zero-order valence-electron chi connectivity index (χ0n) is 12.2. The predicted molar refractivity (Wildman–Crippen MR) is 88.0 cm³/mol. The first-order valence-electron chi connectivity index (χ1n) is 6.83. The third-order valence-corrected chi connectivity index (χ3v) is 3.70. The Bertz CT molecular complexity index is 651. The van der Waals surface area contributed by atoms with Crippen LogP contribution in [-0.2, 0) is 11.2 Å². The molecule has 0 saturated carbocycles. The average Bonchev–Trinajstić information content (AvgIpc) is 3.06. The Labute approximate surface area is 133 Å². The molecule has 0 spiro atoms. The van der Waals surface area contributed by atoms with Crippen LogP contribution in [0.1, 0.15) is 22.2 Å². The maximum absolute atomic E-state index is 11.7. The van der Waals surface area contributed by atoms with Crippen molar-refractivity contribution in [3.8, 4) is 0 Å². The number of nitrogens with one attached hydrogen (secondary N) is 2. The Morgan fingerprint density at radius 3 is 2.59 bits per heavy atom. The van der Waals surface area contributed by atoms with Gasteiger partial charge in [0.25, 0.3) is 11.8 Å². The fourth-order valence-electron chi connectivity index (χ4n) is 1.78. The number of hydrogen-bond acceptors (Lipinski definition) is 4. The summed E-state index contributed by atoms with van der Waals surface area (Å²) in [4.78, 5) is 23.9. The molecule has 0 bridgehead atoms. The van der Waals surface area contributed by atoms with E-state index in [2.05, 4.69) is 15.8 Å². The normalized spacial score (nSPS) is 11.0. The van der Waals surface area contributed by atoms with Gasteiger partial charge in [-0.2, -0.15) is 5.10 Å². The summed E-state index contributed by atoms with van der Waals surface area (Å²) < 4.78 is 0. The fourth-order valence-corrected chi connectivity index (χ4v) is 2.42. The molecule has 2 aromatic rings. The number of carbonyl (C=O) groups is 2. The number of hydrazone groups is 1. The Morgan fingerprint density at radius 2 is 1.91 bits per heavy atom. The van der Waals surface area contributed by atoms with Gasteiger partial charge < -0.3 is 5.32 Å². The predicted octanol–water partition coefficient (Wildman–Crippen LogP) is 2.21. The molecular weight excluding hydrogens is 298 g/mol. The molecule has 0 aliphatic heterocycles. The second-order valence-corrected chi connectivity index (χ2v) is 5.65. The summed E-state index contributed by atoms with van der Waals surface area (Å²) >= 11 is 1.33. The van der Waals surface area contributed by atoms with Crippen LogP contribution in [0.15, 0.2) is 52.9 Å². The van der Waals surface area contributed by atoms with Crippen molar-refractivity contribution in [3.63, 3.8) is 0 Å². The molecule has 0 aliphatic carbocycles. The first kappa shape index (κ1) is 15.9. The van der Waals surface area contributed by atoms with E-state index in [1.807, 2.05) is 42.6 Å². The molecule has 0 radical (unpaired) electrons. The summed E-state index contributed by atoms with van der Waals surface area (Å²) in [5.41, 5.74) is 4.37. The third-order valence-electron chi connectivity index (χ3n) is 2.83. The molecule has 0 aliphatic rings. The van der Waals surface area contributed by atoms with Crippen LogP contribution in [-0.4, -0.2) is 24.1 Å². The maximum atomic E-state index is 11.7. The Balaban J connectivity index is 1.75. The molecule has 0 unspecified atom stereocenters. The lowest BCUT2D eigenvalue weighted by atomic mass is 10.1. The molecule has 0 saturated heterocycles. The van der Waals surface area contributed by atoms with Gasteiger partial charge in [-0.1, -0.05) is 36.4 Å². The van der Waals surface area contributed by atoms with E-state index in [0.29, 0.717) is 11.3 Å². The molecule has 0 fully saturated rings. The molecule has 2 rings (SSSR count). The van der Waals surface area contributed by atoms with Gasteiger partial charge in [0, 0.05) is 12.1 Å². The van der Waals surface area contributed by atoms with Crippen LogP contribution in [0.3, 0.4) is 0 Å². The van der Waals surface area contributed by atoms with Gasteiger partial charge >= 0.3 is 0 Å². The van der Waals surface area contributed by atoms with Crippen LogP contribution in [0.2, 0.25) is 0 Å². The van der Waals surface area contributed by atoms with E-state index in [-0.39, 0.29) is 18.4 Å². The van der Waals surface area contributed by atoms with Gasteiger partial charge in [0.05, 0.1) is 11.4 Å². The quantitative estimate of drug-likeness (QED) is 0.634. The van der Waals surface area contributed by atoms with E-state index in [4.69, 9.17) is 0 Å². The molecule has 0 atom stereocenters. The number of benzene rings is 1. The molecule has 1 aromatic heterocycles. The summed E-state index contributed by atoms with van der Waals surface area (Å²) in [6.07, 6.45) is 0.669. The van der Waals surface area contributed by atoms with Gasteiger partial charge in [0.1, 0.15) is 0 Å². The number of rotatable bonds is 6.